The first-order valence-electron chi connectivity index (χ1n) is 7.01. The van der Waals surface area contributed by atoms with Crippen LogP contribution in [0.5, 0.6) is 5.75 Å². The Kier molecular flexibility index (Phi) is 6.52. The molecule has 0 spiro atoms. The topological polar surface area (TPSA) is 98.7 Å². The van der Waals surface area contributed by atoms with Crippen molar-refractivity contribution >= 4 is 17.7 Å². The Hall–Kier alpha value is -2.24. The van der Waals surface area contributed by atoms with E-state index in [1.165, 1.54) is 18.2 Å². The Labute approximate surface area is 124 Å². The highest BCUT2D eigenvalue weighted by Gasteiger charge is 2.10. The number of hydrogen-bond acceptors (Lipinski definition) is 3. The Balaban J connectivity index is 2.38. The van der Waals surface area contributed by atoms with Crippen LogP contribution < -0.4 is 10.6 Å². The fourth-order valence-electron chi connectivity index (χ4n) is 1.85. The highest BCUT2D eigenvalue weighted by atomic mass is 16.4. The fourth-order valence-corrected chi connectivity index (χ4v) is 1.85. The number of carbonyl (C=O) groups excluding carboxylic acids is 1. The molecule has 1 aromatic rings. The summed E-state index contributed by atoms with van der Waals surface area (Å²) < 4.78 is 0. The van der Waals surface area contributed by atoms with Crippen LogP contribution in [0.3, 0.4) is 0 Å². The van der Waals surface area contributed by atoms with Crippen molar-refractivity contribution in [1.29, 1.82) is 0 Å². The molecule has 6 nitrogen and oxygen atoms in total. The molecule has 116 valence electrons. The first-order valence-corrected chi connectivity index (χ1v) is 7.01. The first kappa shape index (κ1) is 16.8. The zero-order chi connectivity index (χ0) is 15.8. The molecule has 0 aliphatic rings. The number of aromatic carboxylic acids is 1. The van der Waals surface area contributed by atoms with Gasteiger partial charge in [0.05, 0.1) is 0 Å². The van der Waals surface area contributed by atoms with Crippen LogP contribution in [-0.2, 0) is 0 Å². The van der Waals surface area contributed by atoms with E-state index >= 15 is 0 Å². The zero-order valence-electron chi connectivity index (χ0n) is 12.3. The van der Waals surface area contributed by atoms with Crippen LogP contribution >= 0.6 is 0 Å². The molecule has 0 radical (unpaired) electrons. The molecular weight excluding hydrogens is 272 g/mol. The van der Waals surface area contributed by atoms with Gasteiger partial charge in [0.25, 0.3) is 0 Å². The predicted molar refractivity (Wildman–Crippen MR) is 80.8 cm³/mol. The summed E-state index contributed by atoms with van der Waals surface area (Å²) >= 11 is 0. The van der Waals surface area contributed by atoms with Crippen molar-refractivity contribution in [3.63, 3.8) is 0 Å². The summed E-state index contributed by atoms with van der Waals surface area (Å²) in [6.45, 7) is 4.90. The third-order valence-electron chi connectivity index (χ3n) is 2.98. The molecule has 0 aliphatic heterocycles. The van der Waals surface area contributed by atoms with Crippen molar-refractivity contribution < 1.29 is 19.8 Å². The van der Waals surface area contributed by atoms with Crippen molar-refractivity contribution in [3.05, 3.63) is 23.8 Å². The molecule has 21 heavy (non-hydrogen) atoms. The molecule has 4 N–H and O–H groups in total. The molecule has 0 atom stereocenters. The summed E-state index contributed by atoms with van der Waals surface area (Å²) in [5, 5.41) is 23.6. The summed E-state index contributed by atoms with van der Waals surface area (Å²) in [7, 11) is 0. The van der Waals surface area contributed by atoms with E-state index in [0.29, 0.717) is 18.2 Å². The number of nitrogens with one attached hydrogen (secondary N) is 2. The van der Waals surface area contributed by atoms with Gasteiger partial charge in [0.15, 0.2) is 0 Å². The zero-order valence-corrected chi connectivity index (χ0v) is 12.3. The largest absolute Gasteiger partial charge is 0.507 e. The summed E-state index contributed by atoms with van der Waals surface area (Å²) in [6.07, 6.45) is 3.11. The summed E-state index contributed by atoms with van der Waals surface area (Å²) in [4.78, 5) is 22.4. The number of benzene rings is 1. The number of carboxylic acids is 1. The molecule has 0 heterocycles. The molecule has 0 saturated carbocycles. The van der Waals surface area contributed by atoms with Crippen LogP contribution in [0.2, 0.25) is 0 Å². The van der Waals surface area contributed by atoms with Crippen molar-refractivity contribution in [2.75, 3.05) is 11.9 Å². The third-order valence-corrected chi connectivity index (χ3v) is 2.98. The number of urea groups is 1. The van der Waals surface area contributed by atoms with Gasteiger partial charge in [-0.3, -0.25) is 0 Å². The number of rotatable bonds is 7. The standard InChI is InChI=1S/C15H22N2O4/c1-10(2)5-3-4-8-16-15(21)17-11-6-7-12(14(19)20)13(18)9-11/h6-7,9-10,18H,3-5,8H2,1-2H3,(H,19,20)(H2,16,17,21). The minimum absolute atomic E-state index is 0.199. The average molecular weight is 294 g/mol. The molecule has 1 rings (SSSR count). The van der Waals surface area contributed by atoms with Crippen LogP contribution in [0.1, 0.15) is 43.5 Å². The van der Waals surface area contributed by atoms with Crippen molar-refractivity contribution in [1.82, 2.24) is 5.32 Å². The maximum Gasteiger partial charge on any atom is 0.339 e. The number of anilines is 1. The molecule has 0 aliphatic carbocycles. The lowest BCUT2D eigenvalue weighted by molar-refractivity contribution is 0.0694. The van der Waals surface area contributed by atoms with E-state index in [1.807, 2.05) is 0 Å². The van der Waals surface area contributed by atoms with Gasteiger partial charge >= 0.3 is 12.0 Å². The molecule has 0 unspecified atom stereocenters. The molecule has 6 heteroatoms. The summed E-state index contributed by atoms with van der Waals surface area (Å²) in [6, 6.07) is 3.51. The van der Waals surface area contributed by atoms with Crippen molar-refractivity contribution in [2.24, 2.45) is 5.92 Å². The summed E-state index contributed by atoms with van der Waals surface area (Å²) in [5.74, 6) is -0.930. The van der Waals surface area contributed by atoms with Crippen LogP contribution in [-0.4, -0.2) is 28.8 Å². The predicted octanol–water partition coefficient (Wildman–Crippen LogP) is 3.04. The highest BCUT2D eigenvalue weighted by Crippen LogP contribution is 2.21. The van der Waals surface area contributed by atoms with Gasteiger partial charge in [0, 0.05) is 18.3 Å². The number of unbranched alkanes of at least 4 members (excludes halogenated alkanes) is 1. The van der Waals surface area contributed by atoms with E-state index in [0.717, 1.165) is 19.3 Å². The maximum atomic E-state index is 11.6. The number of hydrogen-bond donors (Lipinski definition) is 4. The lowest BCUT2D eigenvalue weighted by Crippen LogP contribution is -2.29. The van der Waals surface area contributed by atoms with Crippen molar-refractivity contribution in [2.45, 2.75) is 33.1 Å². The molecule has 0 bridgehead atoms. The number of carboxylic acid groups (broad SMARTS) is 1. The Morgan fingerprint density at radius 3 is 2.52 bits per heavy atom. The van der Waals surface area contributed by atoms with Gasteiger partial charge in [0.2, 0.25) is 0 Å². The second-order valence-electron chi connectivity index (χ2n) is 5.31. The molecule has 1 aromatic carbocycles. The molecule has 0 aromatic heterocycles. The van der Waals surface area contributed by atoms with Gasteiger partial charge in [-0.25, -0.2) is 9.59 Å². The second-order valence-corrected chi connectivity index (χ2v) is 5.31. The van der Waals surface area contributed by atoms with E-state index in [-0.39, 0.29) is 17.3 Å². The molecule has 0 saturated heterocycles. The number of phenols is 1. The Bertz CT molecular complexity index is 500. The number of aromatic hydroxyl groups is 1. The quantitative estimate of drug-likeness (QED) is 0.581. The van der Waals surface area contributed by atoms with Crippen LogP contribution in [0.4, 0.5) is 10.5 Å². The van der Waals surface area contributed by atoms with Crippen LogP contribution in [0.25, 0.3) is 0 Å². The molecule has 2 amide bonds. The first-order chi connectivity index (χ1) is 9.90. The fraction of sp³-hybridized carbons (Fsp3) is 0.467. The summed E-state index contributed by atoms with van der Waals surface area (Å²) in [5.41, 5.74) is 0.145. The smallest absolute Gasteiger partial charge is 0.339 e. The Morgan fingerprint density at radius 2 is 1.95 bits per heavy atom. The average Bonchev–Trinajstić information content (AvgIpc) is 2.37. The van der Waals surface area contributed by atoms with Gasteiger partial charge in [0.1, 0.15) is 11.3 Å². The monoisotopic (exact) mass is 294 g/mol. The Morgan fingerprint density at radius 1 is 1.24 bits per heavy atom. The van der Waals surface area contributed by atoms with Gasteiger partial charge in [-0.05, 0) is 24.5 Å². The SMILES string of the molecule is CC(C)CCCCNC(=O)Nc1ccc(C(=O)O)c(O)c1. The highest BCUT2D eigenvalue weighted by molar-refractivity contribution is 5.93. The van der Waals surface area contributed by atoms with E-state index in [1.54, 1.807) is 0 Å². The normalized spacial score (nSPS) is 10.4. The lowest BCUT2D eigenvalue weighted by Gasteiger charge is -2.09. The maximum absolute atomic E-state index is 11.6. The van der Waals surface area contributed by atoms with E-state index < -0.39 is 5.97 Å². The van der Waals surface area contributed by atoms with Gasteiger partial charge in [-0.2, -0.15) is 0 Å². The van der Waals surface area contributed by atoms with E-state index in [2.05, 4.69) is 24.5 Å². The molecule has 0 fully saturated rings. The van der Waals surface area contributed by atoms with Crippen LogP contribution in [0.15, 0.2) is 18.2 Å². The third kappa shape index (κ3) is 6.16. The lowest BCUT2D eigenvalue weighted by atomic mass is 10.1. The van der Waals surface area contributed by atoms with Crippen LogP contribution in [0, 0.1) is 5.92 Å². The van der Waals surface area contributed by atoms with Gasteiger partial charge in [-0.1, -0.05) is 26.7 Å². The minimum atomic E-state index is -1.21. The number of carbonyl (C=O) groups is 2. The van der Waals surface area contributed by atoms with Crippen molar-refractivity contribution in [3.8, 4) is 5.75 Å². The second kappa shape index (κ2) is 8.14. The van der Waals surface area contributed by atoms with Gasteiger partial charge in [-0.15, -0.1) is 0 Å². The van der Waals surface area contributed by atoms with E-state index in [4.69, 9.17) is 5.11 Å². The van der Waals surface area contributed by atoms with Gasteiger partial charge < -0.3 is 20.8 Å². The minimum Gasteiger partial charge on any atom is -0.507 e. The number of amides is 2. The van der Waals surface area contributed by atoms with E-state index in [9.17, 15) is 14.7 Å². The molecular formula is C15H22N2O4.